The number of halogens is 1. The van der Waals surface area contributed by atoms with Gasteiger partial charge in [0.1, 0.15) is 18.1 Å². The van der Waals surface area contributed by atoms with E-state index >= 15 is 0 Å². The Balaban J connectivity index is 1.56. The molecule has 0 aliphatic rings. The van der Waals surface area contributed by atoms with Crippen LogP contribution in [0.15, 0.2) is 50.7 Å². The molecule has 140 valence electrons. The first-order valence-corrected chi connectivity index (χ1v) is 9.50. The van der Waals surface area contributed by atoms with Gasteiger partial charge in [0.2, 0.25) is 0 Å². The highest BCUT2D eigenvalue weighted by Crippen LogP contribution is 2.21. The largest absolute Gasteiger partial charge is 0.486 e. The van der Waals surface area contributed by atoms with E-state index in [9.17, 15) is 9.59 Å². The highest BCUT2D eigenvalue weighted by Gasteiger charge is 2.15. The second kappa shape index (κ2) is 8.83. The van der Waals surface area contributed by atoms with Crippen LogP contribution in [0.5, 0.6) is 5.75 Å². The van der Waals surface area contributed by atoms with E-state index in [1.54, 1.807) is 17.5 Å². The molecule has 1 aromatic carbocycles. The van der Waals surface area contributed by atoms with Crippen LogP contribution in [0.2, 0.25) is 0 Å². The first-order chi connectivity index (χ1) is 13.0. The normalized spacial score (nSPS) is 10.4. The van der Waals surface area contributed by atoms with Gasteiger partial charge >= 0.3 is 5.97 Å². The summed E-state index contributed by atoms with van der Waals surface area (Å²) in [4.78, 5) is 27.7. The second-order valence-electron chi connectivity index (χ2n) is 5.36. The summed E-state index contributed by atoms with van der Waals surface area (Å²) in [6.45, 7) is 0.199. The molecule has 1 amide bonds. The van der Waals surface area contributed by atoms with Gasteiger partial charge < -0.3 is 13.9 Å². The number of anilines is 1. The Morgan fingerprint density at radius 1 is 1.30 bits per heavy atom. The number of esters is 1. The third-order valence-corrected chi connectivity index (χ3v) is 4.69. The number of rotatable bonds is 7. The first kappa shape index (κ1) is 19.1. The molecule has 7 nitrogen and oxygen atoms in total. The van der Waals surface area contributed by atoms with Crippen LogP contribution in [0.4, 0.5) is 5.13 Å². The summed E-state index contributed by atoms with van der Waals surface area (Å²) < 4.78 is 16.6. The molecular weight excluding hydrogens is 436 g/mol. The standard InChI is InChI=1S/C18H15BrN2O5S/c1-24-16(22)8-12-10-27-18(20-12)21-17(23)15-6-5-14(26-15)9-25-13-4-2-3-11(19)7-13/h2-7,10H,8-9H2,1H3,(H,20,21,23). The zero-order valence-electron chi connectivity index (χ0n) is 14.2. The van der Waals surface area contributed by atoms with Crippen LogP contribution in [0.1, 0.15) is 22.0 Å². The number of methoxy groups -OCH3 is 1. The molecule has 0 bridgehead atoms. The molecule has 1 N–H and O–H groups in total. The number of carbonyl (C=O) groups is 2. The molecule has 3 rings (SSSR count). The molecule has 0 aliphatic heterocycles. The van der Waals surface area contributed by atoms with Crippen LogP contribution < -0.4 is 10.1 Å². The lowest BCUT2D eigenvalue weighted by molar-refractivity contribution is -0.139. The fourth-order valence-corrected chi connectivity index (χ4v) is 3.20. The summed E-state index contributed by atoms with van der Waals surface area (Å²) in [5, 5.41) is 4.70. The van der Waals surface area contributed by atoms with Crippen molar-refractivity contribution >= 4 is 44.3 Å². The van der Waals surface area contributed by atoms with E-state index in [1.807, 2.05) is 24.3 Å². The van der Waals surface area contributed by atoms with Crippen molar-refractivity contribution in [2.45, 2.75) is 13.0 Å². The summed E-state index contributed by atoms with van der Waals surface area (Å²) in [5.41, 5.74) is 0.532. The Hall–Kier alpha value is -2.65. The molecule has 2 heterocycles. The molecule has 0 unspecified atom stereocenters. The number of thiazole rings is 1. The van der Waals surface area contributed by atoms with Crippen LogP contribution in [-0.4, -0.2) is 24.0 Å². The van der Waals surface area contributed by atoms with Crippen molar-refractivity contribution in [3.63, 3.8) is 0 Å². The van der Waals surface area contributed by atoms with Crippen molar-refractivity contribution in [1.29, 1.82) is 0 Å². The third kappa shape index (κ3) is 5.41. The monoisotopic (exact) mass is 450 g/mol. The maximum atomic E-state index is 12.3. The van der Waals surface area contributed by atoms with E-state index < -0.39 is 5.91 Å². The number of benzene rings is 1. The van der Waals surface area contributed by atoms with Gasteiger partial charge in [-0.1, -0.05) is 22.0 Å². The number of nitrogens with one attached hydrogen (secondary N) is 1. The lowest BCUT2D eigenvalue weighted by Crippen LogP contribution is -2.11. The Labute approximate surface area is 167 Å². The number of hydrogen-bond donors (Lipinski definition) is 1. The van der Waals surface area contributed by atoms with Gasteiger partial charge in [-0.05, 0) is 30.3 Å². The smallest absolute Gasteiger partial charge is 0.311 e. The summed E-state index contributed by atoms with van der Waals surface area (Å²) >= 11 is 4.59. The van der Waals surface area contributed by atoms with Crippen molar-refractivity contribution in [3.8, 4) is 5.75 Å². The average Bonchev–Trinajstić information content (AvgIpc) is 3.29. The van der Waals surface area contributed by atoms with Gasteiger partial charge in [0.15, 0.2) is 10.9 Å². The number of aromatic nitrogens is 1. The molecule has 3 aromatic rings. The summed E-state index contributed by atoms with van der Waals surface area (Å²) in [6.07, 6.45) is 0.0563. The van der Waals surface area contributed by atoms with Gasteiger partial charge in [-0.15, -0.1) is 11.3 Å². The maximum Gasteiger partial charge on any atom is 0.311 e. The van der Waals surface area contributed by atoms with Crippen LogP contribution in [0, 0.1) is 0 Å². The molecule has 27 heavy (non-hydrogen) atoms. The van der Waals surface area contributed by atoms with Gasteiger partial charge in [0.05, 0.1) is 19.2 Å². The van der Waals surface area contributed by atoms with Crippen LogP contribution >= 0.6 is 27.3 Å². The van der Waals surface area contributed by atoms with Crippen LogP contribution in [0.3, 0.4) is 0 Å². The number of nitrogens with zero attached hydrogens (tertiary/aromatic N) is 1. The van der Waals surface area contributed by atoms with E-state index in [-0.39, 0.29) is 24.8 Å². The number of ether oxygens (including phenoxy) is 2. The highest BCUT2D eigenvalue weighted by molar-refractivity contribution is 9.10. The molecular formula is C18H15BrN2O5S. The predicted molar refractivity (Wildman–Crippen MR) is 103 cm³/mol. The van der Waals surface area contributed by atoms with Crippen molar-refractivity contribution in [2.24, 2.45) is 0 Å². The Kier molecular flexibility index (Phi) is 6.25. The molecule has 0 saturated carbocycles. The van der Waals surface area contributed by atoms with Gasteiger partial charge in [0, 0.05) is 9.85 Å². The Morgan fingerprint density at radius 2 is 2.15 bits per heavy atom. The minimum atomic E-state index is -0.428. The topological polar surface area (TPSA) is 90.7 Å². The predicted octanol–water partition coefficient (Wildman–Crippen LogP) is 4.05. The quantitative estimate of drug-likeness (QED) is 0.546. The van der Waals surface area contributed by atoms with E-state index in [2.05, 4.69) is 31.0 Å². The summed E-state index contributed by atoms with van der Waals surface area (Å²) in [7, 11) is 1.31. The Morgan fingerprint density at radius 3 is 2.93 bits per heavy atom. The van der Waals surface area contributed by atoms with Gasteiger partial charge in [-0.25, -0.2) is 4.98 Å². The zero-order chi connectivity index (χ0) is 19.2. The second-order valence-corrected chi connectivity index (χ2v) is 7.14. The van der Waals surface area contributed by atoms with Gasteiger partial charge in [-0.3, -0.25) is 14.9 Å². The van der Waals surface area contributed by atoms with E-state index in [4.69, 9.17) is 9.15 Å². The molecule has 0 saturated heterocycles. The van der Waals surface area contributed by atoms with E-state index in [1.165, 1.54) is 18.4 Å². The number of amides is 1. The van der Waals surface area contributed by atoms with Crippen molar-refractivity contribution in [2.75, 3.05) is 12.4 Å². The molecule has 0 aliphatic carbocycles. The third-order valence-electron chi connectivity index (χ3n) is 3.39. The highest BCUT2D eigenvalue weighted by atomic mass is 79.9. The fraction of sp³-hybridized carbons (Fsp3) is 0.167. The molecule has 0 fully saturated rings. The molecule has 2 aromatic heterocycles. The van der Waals surface area contributed by atoms with Gasteiger partial charge in [-0.2, -0.15) is 0 Å². The minimum absolute atomic E-state index is 0.0563. The van der Waals surface area contributed by atoms with E-state index in [0.29, 0.717) is 22.3 Å². The summed E-state index contributed by atoms with van der Waals surface area (Å²) in [6, 6.07) is 10.7. The maximum absolute atomic E-state index is 12.3. The van der Waals surface area contributed by atoms with Gasteiger partial charge in [0.25, 0.3) is 5.91 Å². The molecule has 0 radical (unpaired) electrons. The molecule has 0 spiro atoms. The Bertz CT molecular complexity index is 953. The van der Waals surface area contributed by atoms with Crippen molar-refractivity contribution in [3.05, 3.63) is 63.5 Å². The SMILES string of the molecule is COC(=O)Cc1csc(NC(=O)c2ccc(COc3cccc(Br)c3)o2)n1. The molecule has 9 heteroatoms. The first-order valence-electron chi connectivity index (χ1n) is 7.83. The number of carbonyl (C=O) groups excluding carboxylic acids is 2. The van der Waals surface area contributed by atoms with Crippen LogP contribution in [-0.2, 0) is 22.6 Å². The van der Waals surface area contributed by atoms with Crippen molar-refractivity contribution in [1.82, 2.24) is 4.98 Å². The fourth-order valence-electron chi connectivity index (χ4n) is 2.11. The summed E-state index contributed by atoms with van der Waals surface area (Å²) in [5.74, 6) is 0.535. The zero-order valence-corrected chi connectivity index (χ0v) is 16.6. The number of furan rings is 1. The average molecular weight is 451 g/mol. The van der Waals surface area contributed by atoms with E-state index in [0.717, 1.165) is 4.47 Å². The molecule has 0 atom stereocenters. The van der Waals surface area contributed by atoms with Crippen LogP contribution in [0.25, 0.3) is 0 Å². The lowest BCUT2D eigenvalue weighted by atomic mass is 10.3. The number of hydrogen-bond acceptors (Lipinski definition) is 7. The minimum Gasteiger partial charge on any atom is -0.486 e. The van der Waals surface area contributed by atoms with Crippen molar-refractivity contribution < 1.29 is 23.5 Å². The lowest BCUT2D eigenvalue weighted by Gasteiger charge is -2.04.